The van der Waals surface area contributed by atoms with Gasteiger partial charge in [-0.2, -0.15) is 0 Å². The van der Waals surface area contributed by atoms with Crippen LogP contribution in [0.2, 0.25) is 0 Å². The van der Waals surface area contributed by atoms with Gasteiger partial charge in [0, 0.05) is 0 Å². The van der Waals surface area contributed by atoms with Crippen LogP contribution in [0.5, 0.6) is 0 Å². The fraction of sp³-hybridized carbons (Fsp3) is 1.00. The summed E-state index contributed by atoms with van der Waals surface area (Å²) >= 11 is 0. The van der Waals surface area contributed by atoms with Crippen molar-refractivity contribution in [2.24, 2.45) is 17.3 Å². The van der Waals surface area contributed by atoms with Crippen molar-refractivity contribution < 1.29 is 0 Å². The molecule has 0 radical (unpaired) electrons. The molecule has 0 aliphatic heterocycles. The summed E-state index contributed by atoms with van der Waals surface area (Å²) in [6.45, 7) is 14.2. The Morgan fingerprint density at radius 2 is 1.25 bits per heavy atom. The van der Waals surface area contributed by atoms with E-state index in [1.165, 1.54) is 44.9 Å². The molecule has 0 N–H and O–H groups in total. The molecule has 16 heavy (non-hydrogen) atoms. The first-order valence-corrected chi connectivity index (χ1v) is 7.45. The van der Waals surface area contributed by atoms with Crippen molar-refractivity contribution in [2.45, 2.75) is 86.5 Å². The standard InChI is InChI=1S/C16H34/c1-7-9-11-16(10-8-2,12-14(3)4)13-15(5)6/h14-15H,7-13H2,1-6H3. The van der Waals surface area contributed by atoms with Crippen molar-refractivity contribution in [1.82, 2.24) is 0 Å². The molecule has 0 aromatic carbocycles. The molecule has 0 aliphatic carbocycles. The van der Waals surface area contributed by atoms with E-state index in [1.54, 1.807) is 0 Å². The number of hydrogen-bond donors (Lipinski definition) is 0. The molecular weight excluding hydrogens is 192 g/mol. The van der Waals surface area contributed by atoms with Crippen LogP contribution in [-0.4, -0.2) is 0 Å². The lowest BCUT2D eigenvalue weighted by Crippen LogP contribution is -2.25. The first-order chi connectivity index (χ1) is 7.45. The van der Waals surface area contributed by atoms with Gasteiger partial charge >= 0.3 is 0 Å². The van der Waals surface area contributed by atoms with Gasteiger partial charge in [-0.3, -0.25) is 0 Å². The summed E-state index contributed by atoms with van der Waals surface area (Å²) in [7, 11) is 0. The van der Waals surface area contributed by atoms with Gasteiger partial charge in [-0.05, 0) is 42.9 Å². The lowest BCUT2D eigenvalue weighted by Gasteiger charge is -2.37. The van der Waals surface area contributed by atoms with Gasteiger partial charge in [0.25, 0.3) is 0 Å². The van der Waals surface area contributed by atoms with Crippen molar-refractivity contribution in [3.63, 3.8) is 0 Å². The lowest BCUT2D eigenvalue weighted by atomic mass is 9.68. The van der Waals surface area contributed by atoms with E-state index in [-0.39, 0.29) is 0 Å². The number of rotatable bonds is 9. The minimum atomic E-state index is 0.646. The molecule has 0 atom stereocenters. The largest absolute Gasteiger partial charge is 0.0654 e. The smallest absolute Gasteiger partial charge is 0.0293 e. The highest BCUT2D eigenvalue weighted by Crippen LogP contribution is 2.42. The Bertz CT molecular complexity index is 145. The zero-order valence-corrected chi connectivity index (χ0v) is 12.6. The Labute approximate surface area is 104 Å². The maximum Gasteiger partial charge on any atom is -0.0293 e. The van der Waals surface area contributed by atoms with Crippen LogP contribution in [0.25, 0.3) is 0 Å². The maximum absolute atomic E-state index is 2.39. The van der Waals surface area contributed by atoms with Crippen LogP contribution in [0.3, 0.4) is 0 Å². The van der Waals surface area contributed by atoms with Gasteiger partial charge in [-0.25, -0.2) is 0 Å². The topological polar surface area (TPSA) is 0 Å². The molecular formula is C16H34. The van der Waals surface area contributed by atoms with Gasteiger partial charge in [0.1, 0.15) is 0 Å². The molecule has 0 unspecified atom stereocenters. The van der Waals surface area contributed by atoms with Gasteiger partial charge in [0.15, 0.2) is 0 Å². The monoisotopic (exact) mass is 226 g/mol. The molecule has 0 aromatic rings. The summed E-state index contributed by atoms with van der Waals surface area (Å²) in [6.07, 6.45) is 9.86. The molecule has 0 bridgehead atoms. The van der Waals surface area contributed by atoms with Crippen molar-refractivity contribution in [2.75, 3.05) is 0 Å². The Balaban J connectivity index is 4.58. The van der Waals surface area contributed by atoms with Crippen LogP contribution < -0.4 is 0 Å². The predicted molar refractivity (Wildman–Crippen MR) is 75.8 cm³/mol. The Morgan fingerprint density at radius 1 is 0.750 bits per heavy atom. The summed E-state index contributed by atoms with van der Waals surface area (Å²) in [5.74, 6) is 1.70. The number of hydrogen-bond acceptors (Lipinski definition) is 0. The van der Waals surface area contributed by atoms with Crippen molar-refractivity contribution in [3.8, 4) is 0 Å². The predicted octanol–water partition coefficient (Wildman–Crippen LogP) is 6.06. The van der Waals surface area contributed by atoms with E-state index >= 15 is 0 Å². The Hall–Kier alpha value is 0. The first kappa shape index (κ1) is 16.0. The van der Waals surface area contributed by atoms with E-state index in [2.05, 4.69) is 41.5 Å². The van der Waals surface area contributed by atoms with Gasteiger partial charge in [0.2, 0.25) is 0 Å². The minimum Gasteiger partial charge on any atom is -0.0654 e. The van der Waals surface area contributed by atoms with Crippen LogP contribution in [0.4, 0.5) is 0 Å². The normalized spacial score (nSPS) is 12.8. The Morgan fingerprint density at radius 3 is 1.56 bits per heavy atom. The van der Waals surface area contributed by atoms with Gasteiger partial charge in [0.05, 0.1) is 0 Å². The SMILES string of the molecule is CCCCC(CCC)(CC(C)C)CC(C)C. The fourth-order valence-electron chi connectivity index (χ4n) is 3.43. The molecule has 0 heterocycles. The molecule has 0 heteroatoms. The second kappa shape index (κ2) is 8.14. The molecule has 0 aliphatic rings. The maximum atomic E-state index is 2.39. The summed E-state index contributed by atoms with van der Waals surface area (Å²) in [4.78, 5) is 0. The van der Waals surface area contributed by atoms with Crippen molar-refractivity contribution in [1.29, 1.82) is 0 Å². The molecule has 0 amide bonds. The molecule has 0 saturated carbocycles. The quantitative estimate of drug-likeness (QED) is 0.448. The van der Waals surface area contributed by atoms with Crippen molar-refractivity contribution in [3.05, 3.63) is 0 Å². The van der Waals surface area contributed by atoms with Gasteiger partial charge in [-0.15, -0.1) is 0 Å². The third-order valence-corrected chi connectivity index (χ3v) is 3.52. The molecule has 0 aromatic heterocycles. The van der Waals surface area contributed by atoms with Gasteiger partial charge in [-0.1, -0.05) is 60.8 Å². The van der Waals surface area contributed by atoms with Gasteiger partial charge < -0.3 is 0 Å². The van der Waals surface area contributed by atoms with Crippen LogP contribution in [-0.2, 0) is 0 Å². The lowest BCUT2D eigenvalue weighted by molar-refractivity contribution is 0.144. The third kappa shape index (κ3) is 6.55. The van der Waals surface area contributed by atoms with E-state index in [9.17, 15) is 0 Å². The third-order valence-electron chi connectivity index (χ3n) is 3.52. The van der Waals surface area contributed by atoms with Crippen LogP contribution in [0.1, 0.15) is 86.5 Å². The second-order valence-corrected chi connectivity index (χ2v) is 6.55. The molecule has 0 rings (SSSR count). The van der Waals surface area contributed by atoms with Crippen LogP contribution in [0, 0.1) is 17.3 Å². The summed E-state index contributed by atoms with van der Waals surface area (Å²) in [5, 5.41) is 0. The van der Waals surface area contributed by atoms with E-state index in [0.29, 0.717) is 5.41 Å². The summed E-state index contributed by atoms with van der Waals surface area (Å²) < 4.78 is 0. The van der Waals surface area contributed by atoms with E-state index in [0.717, 1.165) is 11.8 Å². The highest BCUT2D eigenvalue weighted by molar-refractivity contribution is 4.81. The molecule has 0 fully saturated rings. The fourth-order valence-corrected chi connectivity index (χ4v) is 3.43. The van der Waals surface area contributed by atoms with Crippen LogP contribution >= 0.6 is 0 Å². The molecule has 98 valence electrons. The second-order valence-electron chi connectivity index (χ2n) is 6.55. The highest BCUT2D eigenvalue weighted by Gasteiger charge is 2.30. The average Bonchev–Trinajstić information content (AvgIpc) is 2.13. The van der Waals surface area contributed by atoms with Crippen LogP contribution in [0.15, 0.2) is 0 Å². The number of unbranched alkanes of at least 4 members (excludes halogenated alkanes) is 1. The minimum absolute atomic E-state index is 0.646. The van der Waals surface area contributed by atoms with E-state index in [4.69, 9.17) is 0 Å². The average molecular weight is 226 g/mol. The zero-order valence-electron chi connectivity index (χ0n) is 12.6. The molecule has 0 saturated heterocycles. The first-order valence-electron chi connectivity index (χ1n) is 7.45. The Kier molecular flexibility index (Phi) is 8.14. The zero-order chi connectivity index (χ0) is 12.6. The van der Waals surface area contributed by atoms with E-state index in [1.807, 2.05) is 0 Å². The molecule has 0 nitrogen and oxygen atoms in total. The molecule has 0 spiro atoms. The summed E-state index contributed by atoms with van der Waals surface area (Å²) in [6, 6.07) is 0. The van der Waals surface area contributed by atoms with E-state index < -0.39 is 0 Å². The highest BCUT2D eigenvalue weighted by atomic mass is 14.3. The van der Waals surface area contributed by atoms with Crippen molar-refractivity contribution >= 4 is 0 Å². The summed E-state index contributed by atoms with van der Waals surface area (Å²) in [5.41, 5.74) is 0.646.